The number of nitrogens with zero attached hydrogens (tertiary/aromatic N) is 3. The van der Waals surface area contributed by atoms with Gasteiger partial charge in [0.2, 0.25) is 0 Å². The van der Waals surface area contributed by atoms with E-state index in [0.717, 1.165) is 22.9 Å². The van der Waals surface area contributed by atoms with E-state index < -0.39 is 30.9 Å². The number of aryl methyl sites for hydroxylation is 1. The fourth-order valence-electron chi connectivity index (χ4n) is 1.44. The van der Waals surface area contributed by atoms with Crippen LogP contribution in [-0.4, -0.2) is 55.6 Å². The zero-order chi connectivity index (χ0) is 14.4. The quantitative estimate of drug-likeness (QED) is 0.729. The summed E-state index contributed by atoms with van der Waals surface area (Å²) in [6.07, 6.45) is 1.29. The number of amides is 1. The number of aromatic nitrogens is 2. The molecule has 0 saturated carbocycles. The van der Waals surface area contributed by atoms with Crippen LogP contribution in [0.15, 0.2) is 0 Å². The van der Waals surface area contributed by atoms with E-state index in [1.54, 1.807) is 0 Å². The van der Waals surface area contributed by atoms with Crippen LogP contribution in [0, 0.1) is 0 Å². The average Bonchev–Trinajstić information content (AvgIpc) is 2.74. The molecule has 0 saturated heterocycles. The lowest BCUT2D eigenvalue weighted by molar-refractivity contribution is -0.140. The average molecular weight is 287 g/mol. The molecule has 0 bridgehead atoms. The van der Waals surface area contributed by atoms with Crippen molar-refractivity contribution in [2.45, 2.75) is 19.8 Å². The maximum Gasteiger partial charge on any atom is 0.323 e. The summed E-state index contributed by atoms with van der Waals surface area (Å²) >= 11 is 0.842. The molecule has 8 nitrogen and oxygen atoms in total. The molecule has 1 aromatic rings. The number of hydrogen-bond acceptors (Lipinski definition) is 6. The van der Waals surface area contributed by atoms with E-state index in [1.165, 1.54) is 0 Å². The van der Waals surface area contributed by atoms with Crippen LogP contribution in [-0.2, 0) is 16.0 Å². The summed E-state index contributed by atoms with van der Waals surface area (Å²) in [4.78, 5) is 34.4. The van der Waals surface area contributed by atoms with Crippen LogP contribution in [0.25, 0.3) is 0 Å². The summed E-state index contributed by atoms with van der Waals surface area (Å²) in [5.74, 6) is -3.21. The molecule has 0 fully saturated rings. The molecule has 1 heterocycles. The number of carbonyl (C=O) groups excluding carboxylic acids is 1. The summed E-state index contributed by atoms with van der Waals surface area (Å²) in [6.45, 7) is 0.559. The van der Waals surface area contributed by atoms with Gasteiger partial charge in [-0.15, -0.1) is 5.10 Å². The van der Waals surface area contributed by atoms with Crippen LogP contribution in [0.1, 0.15) is 28.7 Å². The molecule has 0 aliphatic heterocycles. The van der Waals surface area contributed by atoms with Gasteiger partial charge in [0.15, 0.2) is 0 Å². The summed E-state index contributed by atoms with van der Waals surface area (Å²) in [5, 5.41) is 21.2. The highest BCUT2D eigenvalue weighted by molar-refractivity contribution is 7.08. The van der Waals surface area contributed by atoms with E-state index >= 15 is 0 Å². The third-order valence-corrected chi connectivity index (χ3v) is 2.93. The summed E-state index contributed by atoms with van der Waals surface area (Å²) < 4.78 is 3.65. The van der Waals surface area contributed by atoms with Gasteiger partial charge in [-0.3, -0.25) is 14.4 Å². The minimum absolute atomic E-state index is 0.198. The Labute approximate surface area is 112 Å². The molecule has 0 radical (unpaired) electrons. The molecule has 1 rings (SSSR count). The Bertz CT molecular complexity index is 471. The van der Waals surface area contributed by atoms with E-state index in [9.17, 15) is 14.4 Å². The van der Waals surface area contributed by atoms with E-state index in [4.69, 9.17) is 10.2 Å². The lowest BCUT2D eigenvalue weighted by Crippen LogP contribution is -2.39. The highest BCUT2D eigenvalue weighted by atomic mass is 32.1. The van der Waals surface area contributed by atoms with Crippen molar-refractivity contribution in [2.24, 2.45) is 0 Å². The van der Waals surface area contributed by atoms with Crippen LogP contribution in [0.4, 0.5) is 0 Å². The number of carbonyl (C=O) groups is 3. The molecular formula is C10H13N3O5S. The van der Waals surface area contributed by atoms with Crippen LogP contribution in [0.3, 0.4) is 0 Å². The lowest BCUT2D eigenvalue weighted by Gasteiger charge is -2.17. The smallest absolute Gasteiger partial charge is 0.323 e. The molecule has 1 aromatic heterocycles. The molecule has 19 heavy (non-hydrogen) atoms. The van der Waals surface area contributed by atoms with Gasteiger partial charge in [0.25, 0.3) is 5.91 Å². The van der Waals surface area contributed by atoms with Crippen molar-refractivity contribution >= 4 is 29.4 Å². The fraction of sp³-hybridized carbons (Fsp3) is 0.500. The van der Waals surface area contributed by atoms with Crippen molar-refractivity contribution in [1.82, 2.24) is 14.5 Å². The number of hydrogen-bond donors (Lipinski definition) is 2. The highest BCUT2D eigenvalue weighted by Gasteiger charge is 2.25. The largest absolute Gasteiger partial charge is 0.480 e. The predicted octanol–water partition coefficient (Wildman–Crippen LogP) is 0.102. The molecule has 0 spiro atoms. The van der Waals surface area contributed by atoms with Gasteiger partial charge in [0.05, 0.1) is 5.69 Å². The first kappa shape index (κ1) is 15.0. The first-order valence-electron chi connectivity index (χ1n) is 5.49. The summed E-state index contributed by atoms with van der Waals surface area (Å²) in [7, 11) is 0. The standard InChI is InChI=1S/C10H13N3O5S/c1-2-3-6-9(19-12-11-6)10(18)13(4-7(14)15)5-8(16)17/h2-5H2,1H3,(H,14,15)(H,16,17). The Morgan fingerprint density at radius 3 is 2.26 bits per heavy atom. The lowest BCUT2D eigenvalue weighted by atomic mass is 10.2. The Morgan fingerprint density at radius 1 is 1.21 bits per heavy atom. The number of aliphatic carboxylic acids is 2. The predicted molar refractivity (Wildman–Crippen MR) is 65.1 cm³/mol. The van der Waals surface area contributed by atoms with Gasteiger partial charge < -0.3 is 15.1 Å². The molecule has 1 amide bonds. The Balaban J connectivity index is 2.94. The van der Waals surface area contributed by atoms with Crippen molar-refractivity contribution in [1.29, 1.82) is 0 Å². The summed E-state index contributed by atoms with van der Waals surface area (Å²) in [6, 6.07) is 0. The Hall–Kier alpha value is -2.03. The van der Waals surface area contributed by atoms with Crippen molar-refractivity contribution < 1.29 is 24.6 Å². The molecule has 2 N–H and O–H groups in total. The van der Waals surface area contributed by atoms with Crippen LogP contribution < -0.4 is 0 Å². The topological polar surface area (TPSA) is 121 Å². The van der Waals surface area contributed by atoms with Crippen LogP contribution in [0.5, 0.6) is 0 Å². The van der Waals surface area contributed by atoms with Gasteiger partial charge in [0.1, 0.15) is 18.0 Å². The minimum atomic E-state index is -1.27. The summed E-state index contributed by atoms with van der Waals surface area (Å²) in [5.41, 5.74) is 0.471. The monoisotopic (exact) mass is 287 g/mol. The molecule has 0 atom stereocenters. The molecule has 104 valence electrons. The number of carboxylic acids is 2. The minimum Gasteiger partial charge on any atom is -0.480 e. The maximum atomic E-state index is 12.1. The van der Waals surface area contributed by atoms with Gasteiger partial charge in [-0.1, -0.05) is 17.8 Å². The molecule has 0 aliphatic carbocycles. The molecule has 9 heteroatoms. The molecule has 0 unspecified atom stereocenters. The molecule has 0 aliphatic rings. The zero-order valence-electron chi connectivity index (χ0n) is 10.2. The van der Waals surface area contributed by atoms with E-state index in [-0.39, 0.29) is 4.88 Å². The van der Waals surface area contributed by atoms with Crippen LogP contribution >= 0.6 is 11.5 Å². The van der Waals surface area contributed by atoms with Crippen LogP contribution in [0.2, 0.25) is 0 Å². The fourth-order valence-corrected chi connectivity index (χ4v) is 2.12. The Morgan fingerprint density at radius 2 is 1.79 bits per heavy atom. The first-order valence-corrected chi connectivity index (χ1v) is 6.27. The van der Waals surface area contributed by atoms with Crippen molar-refractivity contribution in [3.05, 3.63) is 10.6 Å². The third kappa shape index (κ3) is 4.28. The third-order valence-electron chi connectivity index (χ3n) is 2.18. The Kier molecular flexibility index (Phi) is 5.37. The number of rotatable bonds is 7. The maximum absolute atomic E-state index is 12.1. The second-order valence-corrected chi connectivity index (χ2v) is 4.50. The first-order chi connectivity index (χ1) is 8.95. The van der Waals surface area contributed by atoms with Gasteiger partial charge in [-0.25, -0.2) is 0 Å². The van der Waals surface area contributed by atoms with E-state index in [0.29, 0.717) is 12.1 Å². The normalized spacial score (nSPS) is 10.2. The van der Waals surface area contributed by atoms with E-state index in [1.807, 2.05) is 6.92 Å². The van der Waals surface area contributed by atoms with Gasteiger partial charge in [-0.2, -0.15) is 0 Å². The molecular weight excluding hydrogens is 274 g/mol. The molecule has 0 aromatic carbocycles. The van der Waals surface area contributed by atoms with E-state index in [2.05, 4.69) is 9.59 Å². The second kappa shape index (κ2) is 6.78. The van der Waals surface area contributed by atoms with Gasteiger partial charge >= 0.3 is 11.9 Å². The van der Waals surface area contributed by atoms with Crippen molar-refractivity contribution in [3.8, 4) is 0 Å². The highest BCUT2D eigenvalue weighted by Crippen LogP contribution is 2.15. The van der Waals surface area contributed by atoms with Crippen molar-refractivity contribution in [2.75, 3.05) is 13.1 Å². The second-order valence-electron chi connectivity index (χ2n) is 3.75. The zero-order valence-corrected chi connectivity index (χ0v) is 11.0. The van der Waals surface area contributed by atoms with Gasteiger partial charge in [0, 0.05) is 0 Å². The van der Waals surface area contributed by atoms with Crippen molar-refractivity contribution in [3.63, 3.8) is 0 Å². The SMILES string of the molecule is CCCc1nnsc1C(=O)N(CC(=O)O)CC(=O)O. The van der Waals surface area contributed by atoms with Gasteiger partial charge in [-0.05, 0) is 18.0 Å². The number of carboxylic acid groups (broad SMARTS) is 2.